The molecule has 0 aliphatic carbocycles. The summed E-state index contributed by atoms with van der Waals surface area (Å²) in [7, 11) is 0. The fourth-order valence-electron chi connectivity index (χ4n) is 2.85. The number of amides is 1. The molecule has 0 aliphatic rings. The summed E-state index contributed by atoms with van der Waals surface area (Å²) < 4.78 is 14.9. The predicted octanol–water partition coefficient (Wildman–Crippen LogP) is 3.23. The van der Waals surface area contributed by atoms with E-state index in [4.69, 9.17) is 11.6 Å². The lowest BCUT2D eigenvalue weighted by Gasteiger charge is -2.09. The number of anilines is 1. The highest BCUT2D eigenvalue weighted by Gasteiger charge is 2.07. The molecule has 2 aromatic heterocycles. The lowest BCUT2D eigenvalue weighted by Crippen LogP contribution is -2.29. The molecule has 0 spiro atoms. The summed E-state index contributed by atoms with van der Waals surface area (Å²) in [6, 6.07) is 8.26. The van der Waals surface area contributed by atoms with E-state index in [1.54, 1.807) is 22.9 Å². The summed E-state index contributed by atoms with van der Waals surface area (Å²) in [5.74, 6) is 0.780. The number of aryl methyl sites for hydroxylation is 3. The second-order valence-electron chi connectivity index (χ2n) is 6.63. The van der Waals surface area contributed by atoms with E-state index in [1.165, 1.54) is 12.4 Å². The van der Waals surface area contributed by atoms with Gasteiger partial charge in [-0.3, -0.25) is 4.79 Å². The van der Waals surface area contributed by atoms with E-state index in [2.05, 4.69) is 25.7 Å². The standard InChI is InChI=1S/C20H22ClFN6O/c1-13-9-14(2)28(27-13)19-11-18(25-12-26-19)23-7-8-24-20(29)6-4-15-3-5-17(22)16(21)10-15/h3,5,9-12H,4,6-8H2,1-2H3,(H,24,29)(H,23,25,26). The van der Waals surface area contributed by atoms with Crippen LogP contribution in [0.25, 0.3) is 5.82 Å². The first-order chi connectivity index (χ1) is 13.9. The van der Waals surface area contributed by atoms with Gasteiger partial charge in [-0.05, 0) is 44.0 Å². The van der Waals surface area contributed by atoms with Crippen molar-refractivity contribution in [1.29, 1.82) is 0 Å². The topological polar surface area (TPSA) is 84.7 Å². The molecule has 0 radical (unpaired) electrons. The van der Waals surface area contributed by atoms with Crippen molar-refractivity contribution in [2.24, 2.45) is 0 Å². The van der Waals surface area contributed by atoms with Gasteiger partial charge in [0.1, 0.15) is 18.0 Å². The molecule has 0 saturated carbocycles. The Morgan fingerprint density at radius 2 is 2.00 bits per heavy atom. The molecular formula is C20H22ClFN6O. The van der Waals surface area contributed by atoms with Gasteiger partial charge in [0.25, 0.3) is 0 Å². The quantitative estimate of drug-likeness (QED) is 0.551. The van der Waals surface area contributed by atoms with Crippen LogP contribution in [0.3, 0.4) is 0 Å². The fraction of sp³-hybridized carbons (Fsp3) is 0.300. The van der Waals surface area contributed by atoms with Gasteiger partial charge in [-0.15, -0.1) is 0 Å². The smallest absolute Gasteiger partial charge is 0.220 e. The van der Waals surface area contributed by atoms with Crippen LogP contribution in [0.5, 0.6) is 0 Å². The summed E-state index contributed by atoms with van der Waals surface area (Å²) in [6.45, 7) is 4.85. The van der Waals surface area contributed by atoms with E-state index < -0.39 is 5.82 Å². The molecule has 0 bridgehead atoms. The number of carbonyl (C=O) groups is 1. The zero-order valence-corrected chi connectivity index (χ0v) is 17.0. The SMILES string of the molecule is Cc1cc(C)n(-c2cc(NCCNC(=O)CCc3ccc(F)c(Cl)c3)ncn2)n1. The van der Waals surface area contributed by atoms with Crippen molar-refractivity contribution in [3.8, 4) is 5.82 Å². The molecule has 0 aliphatic heterocycles. The predicted molar refractivity (Wildman–Crippen MR) is 110 cm³/mol. The average molecular weight is 417 g/mol. The summed E-state index contributed by atoms with van der Waals surface area (Å²) in [5, 5.41) is 10.5. The Hall–Kier alpha value is -3.00. The lowest BCUT2D eigenvalue weighted by atomic mass is 10.1. The van der Waals surface area contributed by atoms with Gasteiger partial charge in [0.15, 0.2) is 5.82 Å². The average Bonchev–Trinajstić information content (AvgIpc) is 3.04. The zero-order chi connectivity index (χ0) is 20.8. The molecule has 0 unspecified atom stereocenters. The van der Waals surface area contributed by atoms with Gasteiger partial charge in [-0.2, -0.15) is 5.10 Å². The summed E-state index contributed by atoms with van der Waals surface area (Å²) in [4.78, 5) is 20.4. The second kappa shape index (κ2) is 9.47. The van der Waals surface area contributed by atoms with Gasteiger partial charge in [0.05, 0.1) is 10.7 Å². The van der Waals surface area contributed by atoms with Gasteiger partial charge in [0, 0.05) is 31.3 Å². The van der Waals surface area contributed by atoms with Crippen LogP contribution in [-0.4, -0.2) is 38.7 Å². The largest absolute Gasteiger partial charge is 0.368 e. The molecule has 3 aromatic rings. The molecule has 2 N–H and O–H groups in total. The minimum atomic E-state index is -0.461. The van der Waals surface area contributed by atoms with Crippen molar-refractivity contribution >= 4 is 23.3 Å². The molecule has 152 valence electrons. The molecule has 3 rings (SSSR count). The van der Waals surface area contributed by atoms with Gasteiger partial charge < -0.3 is 10.6 Å². The Labute approximate surface area is 173 Å². The second-order valence-corrected chi connectivity index (χ2v) is 7.03. The monoisotopic (exact) mass is 416 g/mol. The van der Waals surface area contributed by atoms with Crippen LogP contribution in [-0.2, 0) is 11.2 Å². The highest BCUT2D eigenvalue weighted by molar-refractivity contribution is 6.30. The van der Waals surface area contributed by atoms with Crippen molar-refractivity contribution < 1.29 is 9.18 Å². The third-order valence-electron chi connectivity index (χ3n) is 4.26. The number of hydrogen-bond acceptors (Lipinski definition) is 5. The number of hydrogen-bond donors (Lipinski definition) is 2. The minimum absolute atomic E-state index is 0.0665. The number of aromatic nitrogens is 4. The number of halogens is 2. The van der Waals surface area contributed by atoms with Crippen molar-refractivity contribution in [3.05, 3.63) is 64.5 Å². The van der Waals surface area contributed by atoms with E-state index >= 15 is 0 Å². The Morgan fingerprint density at radius 1 is 1.17 bits per heavy atom. The Bertz CT molecular complexity index is 1010. The Morgan fingerprint density at radius 3 is 2.72 bits per heavy atom. The van der Waals surface area contributed by atoms with Crippen LogP contribution in [0.2, 0.25) is 5.02 Å². The molecule has 1 amide bonds. The molecule has 29 heavy (non-hydrogen) atoms. The highest BCUT2D eigenvalue weighted by atomic mass is 35.5. The van der Waals surface area contributed by atoms with Crippen LogP contribution >= 0.6 is 11.6 Å². The molecule has 2 heterocycles. The Kier molecular flexibility index (Phi) is 6.77. The number of rotatable bonds is 8. The molecule has 1 aromatic carbocycles. The van der Waals surface area contributed by atoms with Gasteiger partial charge >= 0.3 is 0 Å². The van der Waals surface area contributed by atoms with E-state index in [1.807, 2.05) is 19.9 Å². The summed E-state index contributed by atoms with van der Waals surface area (Å²) >= 11 is 5.75. The van der Waals surface area contributed by atoms with Crippen LogP contribution in [0.15, 0.2) is 36.7 Å². The van der Waals surface area contributed by atoms with Gasteiger partial charge in [-0.25, -0.2) is 19.0 Å². The van der Waals surface area contributed by atoms with Crippen LogP contribution in [0, 0.1) is 19.7 Å². The van der Waals surface area contributed by atoms with Crippen LogP contribution in [0.1, 0.15) is 23.4 Å². The molecule has 0 atom stereocenters. The van der Waals surface area contributed by atoms with Crippen molar-refractivity contribution in [3.63, 3.8) is 0 Å². The first-order valence-electron chi connectivity index (χ1n) is 9.22. The maximum atomic E-state index is 13.2. The summed E-state index contributed by atoms with van der Waals surface area (Å²) in [5.41, 5.74) is 2.73. The van der Waals surface area contributed by atoms with Crippen molar-refractivity contribution in [1.82, 2.24) is 25.1 Å². The lowest BCUT2D eigenvalue weighted by molar-refractivity contribution is -0.120. The van der Waals surface area contributed by atoms with E-state index in [0.29, 0.717) is 37.6 Å². The number of nitrogens with zero attached hydrogens (tertiary/aromatic N) is 4. The third-order valence-corrected chi connectivity index (χ3v) is 4.55. The van der Waals surface area contributed by atoms with Gasteiger partial charge in [0.2, 0.25) is 5.91 Å². The maximum Gasteiger partial charge on any atom is 0.220 e. The van der Waals surface area contributed by atoms with Crippen LogP contribution in [0.4, 0.5) is 10.2 Å². The van der Waals surface area contributed by atoms with Crippen molar-refractivity contribution in [2.45, 2.75) is 26.7 Å². The molecule has 9 heteroatoms. The number of benzene rings is 1. The van der Waals surface area contributed by atoms with Crippen LogP contribution < -0.4 is 10.6 Å². The van der Waals surface area contributed by atoms with E-state index in [0.717, 1.165) is 17.0 Å². The molecule has 0 saturated heterocycles. The number of nitrogens with one attached hydrogen (secondary N) is 2. The van der Waals surface area contributed by atoms with E-state index in [9.17, 15) is 9.18 Å². The molecular weight excluding hydrogens is 395 g/mol. The fourth-order valence-corrected chi connectivity index (χ4v) is 3.06. The maximum absolute atomic E-state index is 13.2. The first kappa shape index (κ1) is 20.7. The van der Waals surface area contributed by atoms with Crippen molar-refractivity contribution in [2.75, 3.05) is 18.4 Å². The Balaban J connectivity index is 1.43. The summed E-state index contributed by atoms with van der Waals surface area (Å²) in [6.07, 6.45) is 2.27. The third kappa shape index (κ3) is 5.74. The zero-order valence-electron chi connectivity index (χ0n) is 16.2. The highest BCUT2D eigenvalue weighted by Crippen LogP contribution is 2.17. The number of carbonyl (C=O) groups excluding carboxylic acids is 1. The van der Waals surface area contributed by atoms with Gasteiger partial charge in [-0.1, -0.05) is 17.7 Å². The first-order valence-corrected chi connectivity index (χ1v) is 9.60. The molecule has 0 fully saturated rings. The normalized spacial score (nSPS) is 10.8. The van der Waals surface area contributed by atoms with E-state index in [-0.39, 0.29) is 10.9 Å². The molecule has 7 nitrogen and oxygen atoms in total. The minimum Gasteiger partial charge on any atom is -0.368 e.